The molecule has 0 spiro atoms. The van der Waals surface area contributed by atoms with Gasteiger partial charge in [-0.25, -0.2) is 8.78 Å². The van der Waals surface area contributed by atoms with E-state index in [2.05, 4.69) is 5.10 Å². The molecule has 1 amide bonds. The smallest absolute Gasteiger partial charge is 0.324 e. The first-order chi connectivity index (χ1) is 8.65. The van der Waals surface area contributed by atoms with Gasteiger partial charge >= 0.3 is 12.3 Å². The molecule has 9 heteroatoms. The molecule has 1 aromatic rings. The number of carbonyl (C=O) groups is 1. The van der Waals surface area contributed by atoms with Crippen molar-refractivity contribution in [1.82, 2.24) is 15.1 Å². The molecular weight excluding hydrogens is 268 g/mol. The Labute approximate surface area is 106 Å². The number of aryl methyl sites for hydroxylation is 1. The molecule has 1 aromatic heterocycles. The van der Waals surface area contributed by atoms with Crippen LogP contribution in [0.15, 0.2) is 0 Å². The van der Waals surface area contributed by atoms with E-state index in [-0.39, 0.29) is 6.54 Å². The minimum atomic E-state index is -4.25. The molecule has 0 unspecified atom stereocenters. The molecule has 1 heterocycles. The second kappa shape index (κ2) is 5.45. The summed E-state index contributed by atoms with van der Waals surface area (Å²) in [5.74, 6) is -5.09. The van der Waals surface area contributed by atoms with Crippen molar-refractivity contribution in [3.05, 3.63) is 11.4 Å². The normalized spacial score (nSPS) is 11.9. The Bertz CT molecular complexity index is 472. The van der Waals surface area contributed by atoms with E-state index in [0.29, 0.717) is 17.1 Å². The van der Waals surface area contributed by atoms with Crippen LogP contribution < -0.4 is 11.1 Å². The molecule has 0 aliphatic rings. The quantitative estimate of drug-likeness (QED) is 0.794. The molecule has 0 atom stereocenters. The van der Waals surface area contributed by atoms with Gasteiger partial charge in [0.15, 0.2) is 0 Å². The number of nitrogen functional groups attached to an aromatic ring is 1. The van der Waals surface area contributed by atoms with Gasteiger partial charge in [-0.1, -0.05) is 0 Å². The fourth-order valence-electron chi connectivity index (χ4n) is 1.35. The van der Waals surface area contributed by atoms with Gasteiger partial charge in [0.25, 0.3) is 0 Å². The van der Waals surface area contributed by atoms with Gasteiger partial charge in [0.2, 0.25) is 5.91 Å². The molecule has 0 fully saturated rings. The molecule has 0 bridgehead atoms. The first-order valence-corrected chi connectivity index (χ1v) is 5.37. The Kier molecular flexibility index (Phi) is 4.38. The number of nitrogens with two attached hydrogens (primary N) is 1. The van der Waals surface area contributed by atoms with Crippen LogP contribution in [0.2, 0.25) is 0 Å². The summed E-state index contributed by atoms with van der Waals surface area (Å²) in [5, 5.41) is 5.66. The van der Waals surface area contributed by atoms with Crippen molar-refractivity contribution in [3.63, 3.8) is 0 Å². The van der Waals surface area contributed by atoms with Crippen LogP contribution in [-0.4, -0.2) is 34.6 Å². The second-order valence-corrected chi connectivity index (χ2v) is 4.08. The summed E-state index contributed by atoms with van der Waals surface area (Å²) < 4.78 is 50.1. The number of aromatic nitrogens is 2. The van der Waals surface area contributed by atoms with Crippen LogP contribution in [0.1, 0.15) is 11.4 Å². The first-order valence-electron chi connectivity index (χ1n) is 5.37. The zero-order chi connectivity index (χ0) is 14.8. The van der Waals surface area contributed by atoms with E-state index >= 15 is 0 Å². The Morgan fingerprint density at radius 1 is 1.47 bits per heavy atom. The van der Waals surface area contributed by atoms with Crippen LogP contribution in [0.25, 0.3) is 0 Å². The number of rotatable bonds is 5. The standard InChI is InChI=1S/C10H14F4N4O/c1-5-8(15)6(2)18(17-5)3-7(19)16-4-10(13,14)9(11)12/h9H,3-4,15H2,1-2H3,(H,16,19). The highest BCUT2D eigenvalue weighted by Gasteiger charge is 2.40. The van der Waals surface area contributed by atoms with Gasteiger partial charge < -0.3 is 11.1 Å². The summed E-state index contributed by atoms with van der Waals surface area (Å²) in [6.45, 7) is 1.46. The van der Waals surface area contributed by atoms with Gasteiger partial charge in [-0.3, -0.25) is 9.48 Å². The molecule has 0 saturated heterocycles. The van der Waals surface area contributed by atoms with Crippen molar-refractivity contribution in [2.45, 2.75) is 32.7 Å². The van der Waals surface area contributed by atoms with Crippen LogP contribution in [-0.2, 0) is 11.3 Å². The zero-order valence-corrected chi connectivity index (χ0v) is 10.4. The fraction of sp³-hybridized carbons (Fsp3) is 0.600. The Hall–Kier alpha value is -1.80. The van der Waals surface area contributed by atoms with Crippen molar-refractivity contribution in [1.29, 1.82) is 0 Å². The maximum Gasteiger partial charge on any atom is 0.324 e. The molecule has 0 aromatic carbocycles. The molecule has 0 saturated carbocycles. The molecule has 0 radical (unpaired) electrons. The van der Waals surface area contributed by atoms with Crippen LogP contribution in [0.3, 0.4) is 0 Å². The minimum absolute atomic E-state index is 0.358. The fourth-order valence-corrected chi connectivity index (χ4v) is 1.35. The van der Waals surface area contributed by atoms with Gasteiger partial charge in [0.1, 0.15) is 6.54 Å². The van der Waals surface area contributed by atoms with E-state index in [1.165, 1.54) is 4.68 Å². The molecule has 5 nitrogen and oxygen atoms in total. The average Bonchev–Trinajstić information content (AvgIpc) is 2.54. The monoisotopic (exact) mass is 282 g/mol. The maximum absolute atomic E-state index is 12.6. The van der Waals surface area contributed by atoms with Crippen LogP contribution in [0, 0.1) is 13.8 Å². The summed E-state index contributed by atoms with van der Waals surface area (Å²) >= 11 is 0. The Balaban J connectivity index is 2.59. The zero-order valence-electron chi connectivity index (χ0n) is 10.4. The molecule has 19 heavy (non-hydrogen) atoms. The third-order valence-corrected chi connectivity index (χ3v) is 2.57. The van der Waals surface area contributed by atoms with Crippen LogP contribution >= 0.6 is 0 Å². The SMILES string of the molecule is Cc1nn(CC(=O)NCC(F)(F)C(F)F)c(C)c1N. The molecular formula is C10H14F4N4O. The highest BCUT2D eigenvalue weighted by atomic mass is 19.3. The Morgan fingerprint density at radius 3 is 2.47 bits per heavy atom. The number of alkyl halides is 4. The summed E-state index contributed by atoms with van der Waals surface area (Å²) in [6, 6.07) is 0. The van der Waals surface area contributed by atoms with Gasteiger partial charge in [0.05, 0.1) is 23.6 Å². The molecule has 0 aliphatic heterocycles. The minimum Gasteiger partial charge on any atom is -0.396 e. The number of nitrogens with zero attached hydrogens (tertiary/aromatic N) is 2. The van der Waals surface area contributed by atoms with Gasteiger partial charge in [-0.2, -0.15) is 13.9 Å². The largest absolute Gasteiger partial charge is 0.396 e. The van der Waals surface area contributed by atoms with E-state index in [1.54, 1.807) is 19.2 Å². The lowest BCUT2D eigenvalue weighted by atomic mass is 10.3. The maximum atomic E-state index is 12.6. The topological polar surface area (TPSA) is 72.9 Å². The van der Waals surface area contributed by atoms with E-state index in [4.69, 9.17) is 5.73 Å². The summed E-state index contributed by atoms with van der Waals surface area (Å²) in [5.41, 5.74) is 7.03. The van der Waals surface area contributed by atoms with Crippen molar-refractivity contribution in [3.8, 4) is 0 Å². The van der Waals surface area contributed by atoms with Crippen molar-refractivity contribution >= 4 is 11.6 Å². The predicted molar refractivity (Wildman–Crippen MR) is 60.1 cm³/mol. The van der Waals surface area contributed by atoms with Gasteiger partial charge in [-0.15, -0.1) is 0 Å². The second-order valence-electron chi connectivity index (χ2n) is 4.08. The van der Waals surface area contributed by atoms with Gasteiger partial charge in [0, 0.05) is 0 Å². The molecule has 108 valence electrons. The molecule has 1 rings (SSSR count). The van der Waals surface area contributed by atoms with E-state index in [1.807, 2.05) is 0 Å². The molecule has 3 N–H and O–H groups in total. The third kappa shape index (κ3) is 3.58. The lowest BCUT2D eigenvalue weighted by Crippen LogP contribution is -2.42. The summed E-state index contributed by atoms with van der Waals surface area (Å²) in [7, 11) is 0. The third-order valence-electron chi connectivity index (χ3n) is 2.57. The number of amides is 1. The summed E-state index contributed by atoms with van der Waals surface area (Å²) in [6.07, 6.45) is -3.82. The van der Waals surface area contributed by atoms with Crippen LogP contribution in [0.5, 0.6) is 0 Å². The number of anilines is 1. The van der Waals surface area contributed by atoms with Crippen molar-refractivity contribution in [2.24, 2.45) is 0 Å². The number of hydrogen-bond acceptors (Lipinski definition) is 3. The number of carbonyl (C=O) groups excluding carboxylic acids is 1. The van der Waals surface area contributed by atoms with E-state index in [0.717, 1.165) is 0 Å². The highest BCUT2D eigenvalue weighted by molar-refractivity contribution is 5.76. The lowest BCUT2D eigenvalue weighted by molar-refractivity contribution is -0.136. The predicted octanol–water partition coefficient (Wildman–Crippen LogP) is 1.10. The van der Waals surface area contributed by atoms with Gasteiger partial charge in [-0.05, 0) is 13.8 Å². The highest BCUT2D eigenvalue weighted by Crippen LogP contribution is 2.21. The number of halogens is 4. The molecule has 0 aliphatic carbocycles. The Morgan fingerprint density at radius 2 is 2.05 bits per heavy atom. The lowest BCUT2D eigenvalue weighted by Gasteiger charge is -2.15. The summed E-state index contributed by atoms with van der Waals surface area (Å²) in [4.78, 5) is 11.4. The average molecular weight is 282 g/mol. The number of hydrogen-bond donors (Lipinski definition) is 2. The van der Waals surface area contributed by atoms with Crippen molar-refractivity contribution < 1.29 is 22.4 Å². The van der Waals surface area contributed by atoms with E-state index < -0.39 is 24.8 Å². The van der Waals surface area contributed by atoms with Crippen LogP contribution in [0.4, 0.5) is 23.2 Å². The first kappa shape index (κ1) is 15.3. The van der Waals surface area contributed by atoms with E-state index in [9.17, 15) is 22.4 Å². The number of nitrogens with one attached hydrogen (secondary N) is 1. The van der Waals surface area contributed by atoms with Crippen molar-refractivity contribution in [2.75, 3.05) is 12.3 Å².